The molecule has 0 fully saturated rings. The topological polar surface area (TPSA) is 48.1 Å². The van der Waals surface area contributed by atoms with Crippen molar-refractivity contribution < 1.29 is 9.13 Å². The van der Waals surface area contributed by atoms with E-state index < -0.39 is 5.82 Å². The van der Waals surface area contributed by atoms with Crippen LogP contribution in [0, 0.1) is 5.82 Å². The summed E-state index contributed by atoms with van der Waals surface area (Å²) >= 11 is 5.67. The van der Waals surface area contributed by atoms with Crippen molar-refractivity contribution >= 4 is 11.6 Å². The highest BCUT2D eigenvalue weighted by Gasteiger charge is 2.04. The lowest BCUT2D eigenvalue weighted by atomic mass is 10.2. The lowest BCUT2D eigenvalue weighted by molar-refractivity contribution is 0.304. The highest BCUT2D eigenvalue weighted by molar-refractivity contribution is 6.30. The molecule has 2 N–H and O–H groups in total. The standard InChI is InChI=1S/C13H12ClFN2O/c14-11-6-10(3-4-12(11)15)18-8-9-2-1-5-17-13(9)7-16/h1-6H,7-8,16H2. The Hall–Kier alpha value is -1.65. The number of nitrogens with zero attached hydrogens (tertiary/aromatic N) is 1. The zero-order valence-corrected chi connectivity index (χ0v) is 10.3. The van der Waals surface area contributed by atoms with Gasteiger partial charge in [0.05, 0.1) is 10.7 Å². The summed E-state index contributed by atoms with van der Waals surface area (Å²) in [4.78, 5) is 4.15. The van der Waals surface area contributed by atoms with Gasteiger partial charge in [-0.25, -0.2) is 4.39 Å². The molecule has 18 heavy (non-hydrogen) atoms. The van der Waals surface area contributed by atoms with Crippen LogP contribution in [0.4, 0.5) is 4.39 Å². The number of nitrogens with two attached hydrogens (primary N) is 1. The Balaban J connectivity index is 2.09. The number of benzene rings is 1. The first-order valence-corrected chi connectivity index (χ1v) is 5.79. The Morgan fingerprint density at radius 1 is 1.33 bits per heavy atom. The zero-order chi connectivity index (χ0) is 13.0. The quantitative estimate of drug-likeness (QED) is 0.926. The normalized spacial score (nSPS) is 10.4. The summed E-state index contributed by atoms with van der Waals surface area (Å²) in [5, 5.41) is 0.0396. The number of aromatic nitrogens is 1. The van der Waals surface area contributed by atoms with Gasteiger partial charge in [-0.05, 0) is 18.2 Å². The summed E-state index contributed by atoms with van der Waals surface area (Å²) in [7, 11) is 0. The maximum absolute atomic E-state index is 13.0. The zero-order valence-electron chi connectivity index (χ0n) is 9.57. The number of hydrogen-bond acceptors (Lipinski definition) is 3. The van der Waals surface area contributed by atoms with E-state index in [2.05, 4.69) is 4.98 Å². The third-order valence-electron chi connectivity index (χ3n) is 2.46. The van der Waals surface area contributed by atoms with Crippen molar-refractivity contribution in [1.29, 1.82) is 0 Å². The van der Waals surface area contributed by atoms with Crippen molar-refractivity contribution in [2.24, 2.45) is 5.73 Å². The minimum Gasteiger partial charge on any atom is -0.489 e. The second kappa shape index (κ2) is 5.80. The largest absolute Gasteiger partial charge is 0.489 e. The Labute approximate surface area is 109 Å². The van der Waals surface area contributed by atoms with Crippen LogP contribution in [0.15, 0.2) is 36.5 Å². The summed E-state index contributed by atoms with van der Waals surface area (Å²) in [5.41, 5.74) is 7.26. The van der Waals surface area contributed by atoms with Crippen molar-refractivity contribution in [3.05, 3.63) is 58.6 Å². The Kier molecular flexibility index (Phi) is 4.12. The van der Waals surface area contributed by atoms with E-state index in [1.165, 1.54) is 18.2 Å². The Morgan fingerprint density at radius 2 is 2.17 bits per heavy atom. The van der Waals surface area contributed by atoms with Crippen molar-refractivity contribution in [3.8, 4) is 5.75 Å². The van der Waals surface area contributed by atoms with Gasteiger partial charge in [0.15, 0.2) is 0 Å². The maximum Gasteiger partial charge on any atom is 0.142 e. The molecular weight excluding hydrogens is 255 g/mol. The van der Waals surface area contributed by atoms with E-state index in [1.54, 1.807) is 6.20 Å². The molecule has 0 atom stereocenters. The van der Waals surface area contributed by atoms with Crippen LogP contribution in [0.3, 0.4) is 0 Å². The molecular formula is C13H12ClFN2O. The van der Waals surface area contributed by atoms with Gasteiger partial charge in [-0.3, -0.25) is 4.98 Å². The molecule has 1 aromatic heterocycles. The summed E-state index contributed by atoms with van der Waals surface area (Å²) in [6.45, 7) is 0.673. The Bertz CT molecular complexity index is 548. The molecule has 0 saturated heterocycles. The maximum atomic E-state index is 13.0. The first-order valence-electron chi connectivity index (χ1n) is 5.41. The molecule has 0 aliphatic heterocycles. The lowest BCUT2D eigenvalue weighted by Gasteiger charge is -2.09. The van der Waals surface area contributed by atoms with E-state index in [0.717, 1.165) is 11.3 Å². The molecule has 0 unspecified atom stereocenters. The smallest absolute Gasteiger partial charge is 0.142 e. The highest BCUT2D eigenvalue weighted by Crippen LogP contribution is 2.22. The summed E-state index contributed by atoms with van der Waals surface area (Å²) < 4.78 is 18.5. The van der Waals surface area contributed by atoms with Crippen molar-refractivity contribution in [1.82, 2.24) is 4.98 Å². The molecule has 0 saturated carbocycles. The van der Waals surface area contributed by atoms with Crippen LogP contribution in [-0.4, -0.2) is 4.98 Å². The SMILES string of the molecule is NCc1ncccc1COc1ccc(F)c(Cl)c1. The Morgan fingerprint density at radius 3 is 2.89 bits per heavy atom. The lowest BCUT2D eigenvalue weighted by Crippen LogP contribution is -2.06. The van der Waals surface area contributed by atoms with E-state index in [1.807, 2.05) is 12.1 Å². The predicted molar refractivity (Wildman–Crippen MR) is 67.9 cm³/mol. The van der Waals surface area contributed by atoms with Crippen LogP contribution in [0.5, 0.6) is 5.75 Å². The molecule has 2 rings (SSSR count). The van der Waals surface area contributed by atoms with Gasteiger partial charge in [0.25, 0.3) is 0 Å². The summed E-state index contributed by atoms with van der Waals surface area (Å²) in [6, 6.07) is 7.94. The number of pyridine rings is 1. The van der Waals surface area contributed by atoms with Gasteiger partial charge in [-0.1, -0.05) is 17.7 Å². The number of halogens is 2. The fourth-order valence-corrected chi connectivity index (χ4v) is 1.68. The van der Waals surface area contributed by atoms with Crippen LogP contribution in [0.2, 0.25) is 5.02 Å². The first kappa shape index (κ1) is 12.8. The second-order valence-electron chi connectivity index (χ2n) is 3.68. The molecule has 0 amide bonds. The van der Waals surface area contributed by atoms with E-state index in [0.29, 0.717) is 18.9 Å². The molecule has 3 nitrogen and oxygen atoms in total. The van der Waals surface area contributed by atoms with Crippen molar-refractivity contribution in [2.45, 2.75) is 13.2 Å². The van der Waals surface area contributed by atoms with E-state index in [9.17, 15) is 4.39 Å². The minimum absolute atomic E-state index is 0.0396. The van der Waals surface area contributed by atoms with Gasteiger partial charge in [0, 0.05) is 24.4 Å². The van der Waals surface area contributed by atoms with E-state index in [-0.39, 0.29) is 5.02 Å². The molecule has 1 heterocycles. The fraction of sp³-hybridized carbons (Fsp3) is 0.154. The van der Waals surface area contributed by atoms with Crippen molar-refractivity contribution in [2.75, 3.05) is 0 Å². The molecule has 0 radical (unpaired) electrons. The average Bonchev–Trinajstić information content (AvgIpc) is 2.40. The number of ether oxygens (including phenoxy) is 1. The molecule has 0 spiro atoms. The summed E-state index contributed by atoms with van der Waals surface area (Å²) in [6.07, 6.45) is 1.68. The van der Waals surface area contributed by atoms with E-state index in [4.69, 9.17) is 22.1 Å². The molecule has 1 aromatic carbocycles. The number of rotatable bonds is 4. The van der Waals surface area contributed by atoms with Crippen LogP contribution < -0.4 is 10.5 Å². The molecule has 0 aliphatic rings. The highest BCUT2D eigenvalue weighted by atomic mass is 35.5. The van der Waals surface area contributed by atoms with E-state index >= 15 is 0 Å². The monoisotopic (exact) mass is 266 g/mol. The van der Waals surface area contributed by atoms with Gasteiger partial charge in [-0.15, -0.1) is 0 Å². The molecule has 0 bridgehead atoms. The molecule has 0 aliphatic carbocycles. The van der Waals surface area contributed by atoms with Gasteiger partial charge in [-0.2, -0.15) is 0 Å². The minimum atomic E-state index is -0.465. The fourth-order valence-electron chi connectivity index (χ4n) is 1.51. The predicted octanol–water partition coefficient (Wildman–Crippen LogP) is 2.91. The van der Waals surface area contributed by atoms with Gasteiger partial charge < -0.3 is 10.5 Å². The molecule has 2 aromatic rings. The van der Waals surface area contributed by atoms with Crippen LogP contribution in [-0.2, 0) is 13.2 Å². The van der Waals surface area contributed by atoms with Gasteiger partial charge in [0.1, 0.15) is 18.2 Å². The van der Waals surface area contributed by atoms with Gasteiger partial charge in [0.2, 0.25) is 0 Å². The number of hydrogen-bond donors (Lipinski definition) is 1. The second-order valence-corrected chi connectivity index (χ2v) is 4.09. The van der Waals surface area contributed by atoms with Crippen LogP contribution >= 0.6 is 11.6 Å². The first-order chi connectivity index (χ1) is 8.70. The third-order valence-corrected chi connectivity index (χ3v) is 2.75. The molecule has 94 valence electrons. The van der Waals surface area contributed by atoms with Crippen molar-refractivity contribution in [3.63, 3.8) is 0 Å². The average molecular weight is 267 g/mol. The van der Waals surface area contributed by atoms with Crippen LogP contribution in [0.1, 0.15) is 11.3 Å². The summed E-state index contributed by atoms with van der Waals surface area (Å²) in [5.74, 6) is 0.0428. The third kappa shape index (κ3) is 2.97. The van der Waals surface area contributed by atoms with Gasteiger partial charge >= 0.3 is 0 Å². The molecule has 5 heteroatoms. The van der Waals surface area contributed by atoms with Crippen LogP contribution in [0.25, 0.3) is 0 Å².